The summed E-state index contributed by atoms with van der Waals surface area (Å²) in [5.74, 6) is 1.60. The Morgan fingerprint density at radius 1 is 1.39 bits per heavy atom. The first-order valence-electron chi connectivity index (χ1n) is 6.78. The first-order chi connectivity index (χ1) is 8.74. The van der Waals surface area contributed by atoms with E-state index in [1.807, 2.05) is 6.07 Å². The highest BCUT2D eigenvalue weighted by Gasteiger charge is 2.29. The van der Waals surface area contributed by atoms with Gasteiger partial charge in [-0.3, -0.25) is 4.90 Å². The maximum Gasteiger partial charge on any atom is 0.119 e. The molecule has 0 spiro atoms. The lowest BCUT2D eigenvalue weighted by Gasteiger charge is -2.29. The van der Waals surface area contributed by atoms with Gasteiger partial charge in [-0.15, -0.1) is 0 Å². The van der Waals surface area contributed by atoms with E-state index in [0.29, 0.717) is 12.0 Å². The molecule has 100 valence electrons. The summed E-state index contributed by atoms with van der Waals surface area (Å²) < 4.78 is 5.27. The summed E-state index contributed by atoms with van der Waals surface area (Å²) in [4.78, 5) is 2.44. The Labute approximate surface area is 110 Å². The number of ether oxygens (including phenoxy) is 1. The maximum absolute atomic E-state index is 5.85. The molecule has 1 aliphatic carbocycles. The number of rotatable bonds is 5. The van der Waals surface area contributed by atoms with Crippen molar-refractivity contribution in [3.63, 3.8) is 0 Å². The molecule has 2 unspecified atom stereocenters. The van der Waals surface area contributed by atoms with Gasteiger partial charge in [0.05, 0.1) is 7.11 Å². The standard InChI is InChI=1S/C15H24N2O/c1-17(15-8-4-6-13(15)10-16)11-12-5-3-7-14(9-12)18-2/h3,5,7,9,13,15H,4,6,8,10-11,16H2,1-2H3. The van der Waals surface area contributed by atoms with Crippen LogP contribution in [0.4, 0.5) is 0 Å². The van der Waals surface area contributed by atoms with Crippen LogP contribution in [0.1, 0.15) is 24.8 Å². The van der Waals surface area contributed by atoms with Crippen LogP contribution in [0.15, 0.2) is 24.3 Å². The summed E-state index contributed by atoms with van der Waals surface area (Å²) in [6.45, 7) is 1.78. The van der Waals surface area contributed by atoms with Crippen LogP contribution in [0.3, 0.4) is 0 Å². The summed E-state index contributed by atoms with van der Waals surface area (Å²) in [5.41, 5.74) is 7.16. The number of hydrogen-bond acceptors (Lipinski definition) is 3. The highest BCUT2D eigenvalue weighted by atomic mass is 16.5. The lowest BCUT2D eigenvalue weighted by molar-refractivity contribution is 0.192. The van der Waals surface area contributed by atoms with Crippen molar-refractivity contribution in [3.8, 4) is 5.75 Å². The molecule has 0 aromatic heterocycles. The molecule has 3 nitrogen and oxygen atoms in total. The van der Waals surface area contributed by atoms with Gasteiger partial charge in [0.2, 0.25) is 0 Å². The van der Waals surface area contributed by atoms with Crippen LogP contribution in [0.25, 0.3) is 0 Å². The van der Waals surface area contributed by atoms with Crippen LogP contribution < -0.4 is 10.5 Å². The van der Waals surface area contributed by atoms with Crippen molar-refractivity contribution in [1.82, 2.24) is 4.90 Å². The molecule has 0 heterocycles. The minimum Gasteiger partial charge on any atom is -0.497 e. The predicted octanol–water partition coefficient (Wildman–Crippen LogP) is 2.25. The first-order valence-corrected chi connectivity index (χ1v) is 6.78. The van der Waals surface area contributed by atoms with E-state index in [9.17, 15) is 0 Å². The van der Waals surface area contributed by atoms with Crippen molar-refractivity contribution < 1.29 is 4.74 Å². The van der Waals surface area contributed by atoms with E-state index in [1.54, 1.807) is 7.11 Å². The molecule has 0 aliphatic heterocycles. The molecular weight excluding hydrogens is 224 g/mol. The molecule has 1 fully saturated rings. The van der Waals surface area contributed by atoms with Crippen molar-refractivity contribution in [3.05, 3.63) is 29.8 Å². The number of benzene rings is 1. The molecule has 18 heavy (non-hydrogen) atoms. The SMILES string of the molecule is COc1cccc(CN(C)C2CCCC2CN)c1. The van der Waals surface area contributed by atoms with Crippen LogP contribution in [-0.4, -0.2) is 31.6 Å². The van der Waals surface area contributed by atoms with Gasteiger partial charge in [-0.1, -0.05) is 18.6 Å². The summed E-state index contributed by atoms with van der Waals surface area (Å²) >= 11 is 0. The quantitative estimate of drug-likeness (QED) is 0.868. The van der Waals surface area contributed by atoms with Gasteiger partial charge in [-0.05, 0) is 50.0 Å². The molecule has 3 heteroatoms. The highest BCUT2D eigenvalue weighted by molar-refractivity contribution is 5.28. The van der Waals surface area contributed by atoms with Gasteiger partial charge in [0.15, 0.2) is 0 Å². The van der Waals surface area contributed by atoms with Crippen LogP contribution in [0.5, 0.6) is 5.75 Å². The number of nitrogens with two attached hydrogens (primary N) is 1. The van der Waals surface area contributed by atoms with E-state index in [-0.39, 0.29) is 0 Å². The van der Waals surface area contributed by atoms with E-state index in [2.05, 4.69) is 30.1 Å². The van der Waals surface area contributed by atoms with Crippen molar-refractivity contribution in [2.24, 2.45) is 11.7 Å². The van der Waals surface area contributed by atoms with Gasteiger partial charge < -0.3 is 10.5 Å². The summed E-state index contributed by atoms with van der Waals surface area (Å²) in [6.07, 6.45) is 3.88. The smallest absolute Gasteiger partial charge is 0.119 e. The summed E-state index contributed by atoms with van der Waals surface area (Å²) in [5, 5.41) is 0. The van der Waals surface area contributed by atoms with E-state index in [0.717, 1.165) is 18.8 Å². The number of methoxy groups -OCH3 is 1. The molecule has 2 N–H and O–H groups in total. The summed E-state index contributed by atoms with van der Waals surface area (Å²) in [6, 6.07) is 8.95. The van der Waals surface area contributed by atoms with E-state index in [1.165, 1.54) is 24.8 Å². The third-order valence-corrected chi connectivity index (χ3v) is 4.05. The van der Waals surface area contributed by atoms with Gasteiger partial charge in [-0.2, -0.15) is 0 Å². The molecule has 0 amide bonds. The average molecular weight is 248 g/mol. The fourth-order valence-electron chi connectivity index (χ4n) is 3.05. The molecule has 1 aromatic rings. The summed E-state index contributed by atoms with van der Waals surface area (Å²) in [7, 11) is 3.92. The Morgan fingerprint density at radius 2 is 2.22 bits per heavy atom. The Balaban J connectivity index is 1.99. The molecule has 1 saturated carbocycles. The van der Waals surface area contributed by atoms with E-state index < -0.39 is 0 Å². The van der Waals surface area contributed by atoms with Crippen molar-refractivity contribution in [2.45, 2.75) is 31.8 Å². The monoisotopic (exact) mass is 248 g/mol. The van der Waals surface area contributed by atoms with Crippen LogP contribution >= 0.6 is 0 Å². The van der Waals surface area contributed by atoms with Crippen molar-refractivity contribution in [1.29, 1.82) is 0 Å². The minimum atomic E-state index is 0.640. The van der Waals surface area contributed by atoms with Gasteiger partial charge in [0, 0.05) is 12.6 Å². The normalized spacial score (nSPS) is 23.6. The largest absolute Gasteiger partial charge is 0.497 e. The maximum atomic E-state index is 5.85. The molecule has 2 atom stereocenters. The zero-order valence-electron chi connectivity index (χ0n) is 11.4. The Bertz CT molecular complexity index is 381. The number of hydrogen-bond donors (Lipinski definition) is 1. The fourth-order valence-corrected chi connectivity index (χ4v) is 3.05. The second-order valence-corrected chi connectivity index (χ2v) is 5.26. The van der Waals surface area contributed by atoms with E-state index >= 15 is 0 Å². The Hall–Kier alpha value is -1.06. The van der Waals surface area contributed by atoms with Crippen LogP contribution in [-0.2, 0) is 6.54 Å². The van der Waals surface area contributed by atoms with Crippen LogP contribution in [0.2, 0.25) is 0 Å². The molecule has 1 aliphatic rings. The molecule has 0 saturated heterocycles. The lowest BCUT2D eigenvalue weighted by Crippen LogP contribution is -2.37. The molecule has 1 aromatic carbocycles. The van der Waals surface area contributed by atoms with E-state index in [4.69, 9.17) is 10.5 Å². The first kappa shape index (κ1) is 13.4. The van der Waals surface area contributed by atoms with Crippen molar-refractivity contribution in [2.75, 3.05) is 20.7 Å². The van der Waals surface area contributed by atoms with Gasteiger partial charge in [0.1, 0.15) is 5.75 Å². The van der Waals surface area contributed by atoms with Crippen molar-refractivity contribution >= 4 is 0 Å². The second-order valence-electron chi connectivity index (χ2n) is 5.26. The number of nitrogens with zero attached hydrogens (tertiary/aromatic N) is 1. The second kappa shape index (κ2) is 6.21. The third-order valence-electron chi connectivity index (χ3n) is 4.05. The fraction of sp³-hybridized carbons (Fsp3) is 0.600. The highest BCUT2D eigenvalue weighted by Crippen LogP contribution is 2.29. The Kier molecular flexibility index (Phi) is 4.61. The lowest BCUT2D eigenvalue weighted by atomic mass is 10.0. The minimum absolute atomic E-state index is 0.640. The van der Waals surface area contributed by atoms with Crippen LogP contribution in [0, 0.1) is 5.92 Å². The molecule has 0 bridgehead atoms. The Morgan fingerprint density at radius 3 is 2.94 bits per heavy atom. The topological polar surface area (TPSA) is 38.5 Å². The zero-order chi connectivity index (χ0) is 13.0. The predicted molar refractivity (Wildman–Crippen MR) is 74.6 cm³/mol. The van der Waals surface area contributed by atoms with Gasteiger partial charge >= 0.3 is 0 Å². The molecular formula is C15H24N2O. The molecule has 2 rings (SSSR count). The average Bonchev–Trinajstić information content (AvgIpc) is 2.87. The zero-order valence-corrected chi connectivity index (χ0v) is 11.4. The third kappa shape index (κ3) is 3.03. The van der Waals surface area contributed by atoms with Gasteiger partial charge in [0.25, 0.3) is 0 Å². The van der Waals surface area contributed by atoms with Gasteiger partial charge in [-0.25, -0.2) is 0 Å². The molecule has 0 radical (unpaired) electrons.